The number of piperidine rings is 1. The fraction of sp³-hybridized carbons (Fsp3) is 0.467. The van der Waals surface area contributed by atoms with Gasteiger partial charge in [0.15, 0.2) is 0 Å². The summed E-state index contributed by atoms with van der Waals surface area (Å²) in [6, 6.07) is 3.81. The number of aromatic nitrogens is 1. The molecule has 108 valence electrons. The number of anilines is 1. The van der Waals surface area contributed by atoms with Crippen LogP contribution in [0.25, 0.3) is 6.08 Å². The van der Waals surface area contributed by atoms with E-state index in [0.717, 1.165) is 50.0 Å². The minimum absolute atomic E-state index is 0.280. The highest BCUT2D eigenvalue weighted by atomic mass is 16.5. The number of nitrogens with zero attached hydrogens (tertiary/aromatic N) is 2. The number of hydrogen-bond acceptors (Lipinski definition) is 4. The minimum atomic E-state index is -0.954. The van der Waals surface area contributed by atoms with Gasteiger partial charge in [0.2, 0.25) is 0 Å². The maximum absolute atomic E-state index is 10.5. The third-order valence-electron chi connectivity index (χ3n) is 3.29. The molecule has 5 nitrogen and oxygen atoms in total. The normalized spacial score (nSPS) is 19.4. The van der Waals surface area contributed by atoms with E-state index < -0.39 is 5.97 Å². The van der Waals surface area contributed by atoms with Gasteiger partial charge < -0.3 is 14.7 Å². The lowest BCUT2D eigenvalue weighted by Crippen LogP contribution is -2.40. The third kappa shape index (κ3) is 4.06. The number of pyridine rings is 1. The summed E-state index contributed by atoms with van der Waals surface area (Å²) in [6.07, 6.45) is 6.83. The van der Waals surface area contributed by atoms with Gasteiger partial charge in [0.1, 0.15) is 5.82 Å². The van der Waals surface area contributed by atoms with E-state index in [1.54, 1.807) is 6.20 Å². The summed E-state index contributed by atoms with van der Waals surface area (Å²) in [7, 11) is 0. The highest BCUT2D eigenvalue weighted by molar-refractivity contribution is 5.85. The van der Waals surface area contributed by atoms with Gasteiger partial charge in [-0.25, -0.2) is 9.78 Å². The van der Waals surface area contributed by atoms with Gasteiger partial charge in [-0.3, -0.25) is 0 Å². The average Bonchev–Trinajstić information content (AvgIpc) is 2.46. The number of hydrogen-bond donors (Lipinski definition) is 1. The molecule has 1 N–H and O–H groups in total. The van der Waals surface area contributed by atoms with Crippen LogP contribution in [0.3, 0.4) is 0 Å². The van der Waals surface area contributed by atoms with Crippen LogP contribution >= 0.6 is 0 Å². The van der Waals surface area contributed by atoms with Crippen molar-refractivity contribution >= 4 is 17.9 Å². The Kier molecular flexibility index (Phi) is 5.12. The maximum atomic E-state index is 10.5. The van der Waals surface area contributed by atoms with Crippen LogP contribution in [0.15, 0.2) is 24.4 Å². The van der Waals surface area contributed by atoms with Gasteiger partial charge in [0.05, 0.1) is 6.10 Å². The summed E-state index contributed by atoms with van der Waals surface area (Å²) in [5, 5.41) is 8.58. The van der Waals surface area contributed by atoms with Gasteiger partial charge in [-0.15, -0.1) is 0 Å². The first kappa shape index (κ1) is 14.5. The Labute approximate surface area is 118 Å². The topological polar surface area (TPSA) is 62.7 Å². The SMILES string of the molecule is CCOC1CCCN(c2ccc(/C=C/C(=O)O)cn2)C1. The Morgan fingerprint density at radius 2 is 2.45 bits per heavy atom. The zero-order chi connectivity index (χ0) is 14.4. The molecular formula is C15H20N2O3. The largest absolute Gasteiger partial charge is 0.478 e. The second kappa shape index (κ2) is 7.05. The second-order valence-electron chi connectivity index (χ2n) is 4.79. The highest BCUT2D eigenvalue weighted by Gasteiger charge is 2.20. The van der Waals surface area contributed by atoms with Crippen molar-refractivity contribution in [3.63, 3.8) is 0 Å². The molecular weight excluding hydrogens is 256 g/mol. The monoisotopic (exact) mass is 276 g/mol. The number of carbonyl (C=O) groups is 1. The van der Waals surface area contributed by atoms with Crippen LogP contribution in [0.1, 0.15) is 25.3 Å². The molecule has 0 radical (unpaired) electrons. The Bertz CT molecular complexity index is 469. The predicted octanol–water partition coefficient (Wildman–Crippen LogP) is 2.18. The molecule has 1 atom stereocenters. The van der Waals surface area contributed by atoms with Crippen molar-refractivity contribution in [3.05, 3.63) is 30.0 Å². The van der Waals surface area contributed by atoms with Crippen molar-refractivity contribution in [2.75, 3.05) is 24.6 Å². The number of carboxylic acids is 1. The fourth-order valence-electron chi connectivity index (χ4n) is 2.37. The molecule has 1 aromatic rings. The first-order valence-electron chi connectivity index (χ1n) is 6.92. The van der Waals surface area contributed by atoms with E-state index in [9.17, 15) is 4.79 Å². The second-order valence-corrected chi connectivity index (χ2v) is 4.79. The predicted molar refractivity (Wildman–Crippen MR) is 77.8 cm³/mol. The Hall–Kier alpha value is -1.88. The zero-order valence-electron chi connectivity index (χ0n) is 11.7. The molecule has 0 aliphatic carbocycles. The summed E-state index contributed by atoms with van der Waals surface area (Å²) in [5.74, 6) is -0.0356. The van der Waals surface area contributed by atoms with E-state index in [4.69, 9.17) is 9.84 Å². The van der Waals surface area contributed by atoms with Gasteiger partial charge in [-0.1, -0.05) is 0 Å². The van der Waals surface area contributed by atoms with E-state index in [-0.39, 0.29) is 6.10 Å². The maximum Gasteiger partial charge on any atom is 0.328 e. The van der Waals surface area contributed by atoms with Crippen LogP contribution in [-0.4, -0.2) is 41.9 Å². The molecule has 1 fully saturated rings. The molecule has 2 heterocycles. The Morgan fingerprint density at radius 3 is 3.10 bits per heavy atom. The van der Waals surface area contributed by atoms with Crippen molar-refractivity contribution in [2.24, 2.45) is 0 Å². The first-order chi connectivity index (χ1) is 9.69. The molecule has 2 rings (SSSR count). The van der Waals surface area contributed by atoms with Crippen molar-refractivity contribution in [1.82, 2.24) is 4.98 Å². The van der Waals surface area contributed by atoms with Gasteiger partial charge in [-0.05, 0) is 43.5 Å². The highest BCUT2D eigenvalue weighted by Crippen LogP contribution is 2.19. The molecule has 0 bridgehead atoms. The molecule has 1 aromatic heterocycles. The molecule has 0 spiro atoms. The van der Waals surface area contributed by atoms with Crippen LogP contribution < -0.4 is 4.90 Å². The van der Waals surface area contributed by atoms with E-state index in [2.05, 4.69) is 9.88 Å². The summed E-state index contributed by atoms with van der Waals surface area (Å²) >= 11 is 0. The summed E-state index contributed by atoms with van der Waals surface area (Å²) in [4.78, 5) is 17.1. The summed E-state index contributed by atoms with van der Waals surface area (Å²) in [6.45, 7) is 4.61. The summed E-state index contributed by atoms with van der Waals surface area (Å²) < 4.78 is 5.68. The molecule has 0 saturated carbocycles. The molecule has 20 heavy (non-hydrogen) atoms. The molecule has 1 aliphatic rings. The van der Waals surface area contributed by atoms with Gasteiger partial charge in [0, 0.05) is 32.0 Å². The fourth-order valence-corrected chi connectivity index (χ4v) is 2.37. The number of ether oxygens (including phenoxy) is 1. The summed E-state index contributed by atoms with van der Waals surface area (Å²) in [5.41, 5.74) is 0.787. The van der Waals surface area contributed by atoms with Crippen LogP contribution in [-0.2, 0) is 9.53 Å². The molecule has 0 aromatic carbocycles. The van der Waals surface area contributed by atoms with Gasteiger partial charge >= 0.3 is 5.97 Å². The Balaban J connectivity index is 2.00. The van der Waals surface area contributed by atoms with E-state index in [1.807, 2.05) is 19.1 Å². The van der Waals surface area contributed by atoms with Gasteiger partial charge in [0.25, 0.3) is 0 Å². The third-order valence-corrected chi connectivity index (χ3v) is 3.29. The number of aliphatic carboxylic acids is 1. The lowest BCUT2D eigenvalue weighted by molar-refractivity contribution is -0.131. The van der Waals surface area contributed by atoms with Crippen molar-refractivity contribution in [3.8, 4) is 0 Å². The van der Waals surface area contributed by atoms with Crippen LogP contribution in [0, 0.1) is 0 Å². The van der Waals surface area contributed by atoms with Crippen LogP contribution in [0.5, 0.6) is 0 Å². The average molecular weight is 276 g/mol. The molecule has 1 unspecified atom stereocenters. The van der Waals surface area contributed by atoms with E-state index >= 15 is 0 Å². The lowest BCUT2D eigenvalue weighted by atomic mass is 10.1. The molecule has 1 aliphatic heterocycles. The smallest absolute Gasteiger partial charge is 0.328 e. The van der Waals surface area contributed by atoms with Crippen LogP contribution in [0.4, 0.5) is 5.82 Å². The lowest BCUT2D eigenvalue weighted by Gasteiger charge is -2.33. The number of rotatable bonds is 5. The van der Waals surface area contributed by atoms with Gasteiger partial charge in [-0.2, -0.15) is 0 Å². The first-order valence-corrected chi connectivity index (χ1v) is 6.92. The zero-order valence-corrected chi connectivity index (χ0v) is 11.7. The van der Waals surface area contributed by atoms with Crippen LogP contribution in [0.2, 0.25) is 0 Å². The standard InChI is InChI=1S/C15H20N2O3/c1-2-20-13-4-3-9-17(11-13)14-7-5-12(10-16-14)6-8-15(18)19/h5-8,10,13H,2-4,9,11H2,1H3,(H,18,19)/b8-6+. The van der Waals surface area contributed by atoms with E-state index in [0.29, 0.717) is 0 Å². The number of carboxylic acid groups (broad SMARTS) is 1. The minimum Gasteiger partial charge on any atom is -0.478 e. The Morgan fingerprint density at radius 1 is 1.60 bits per heavy atom. The molecule has 1 saturated heterocycles. The van der Waals surface area contributed by atoms with E-state index in [1.165, 1.54) is 6.08 Å². The molecule has 0 amide bonds. The van der Waals surface area contributed by atoms with Crippen molar-refractivity contribution < 1.29 is 14.6 Å². The van der Waals surface area contributed by atoms with Crippen molar-refractivity contribution in [2.45, 2.75) is 25.9 Å². The van der Waals surface area contributed by atoms with Crippen molar-refractivity contribution in [1.29, 1.82) is 0 Å². The quantitative estimate of drug-likeness (QED) is 0.835. The molecule has 5 heteroatoms.